The molecule has 1 aliphatic heterocycles. The van der Waals surface area contributed by atoms with Crippen LogP contribution >= 0.6 is 0 Å². The van der Waals surface area contributed by atoms with Crippen LogP contribution in [0.1, 0.15) is 39.2 Å². The second kappa shape index (κ2) is 7.79. The first-order valence-electron chi connectivity index (χ1n) is 10.1. The number of benzene rings is 1. The largest absolute Gasteiger partial charge is 0.462 e. The molecule has 8 heteroatoms. The van der Waals surface area contributed by atoms with E-state index in [1.165, 1.54) is 0 Å². The van der Waals surface area contributed by atoms with E-state index in [4.69, 9.17) is 13.3 Å². The molecule has 0 N–H and O–H groups in total. The molecular formula is C21H32O6SSi. The van der Waals surface area contributed by atoms with Gasteiger partial charge < -0.3 is 9.16 Å². The van der Waals surface area contributed by atoms with Crippen molar-refractivity contribution >= 4 is 24.4 Å². The first-order chi connectivity index (χ1) is 13.3. The zero-order valence-electron chi connectivity index (χ0n) is 18.1. The van der Waals surface area contributed by atoms with Gasteiger partial charge in [0.25, 0.3) is 10.1 Å². The average molecular weight is 441 g/mol. The summed E-state index contributed by atoms with van der Waals surface area (Å²) in [5.41, 5.74) is 0.979. The molecule has 1 saturated heterocycles. The van der Waals surface area contributed by atoms with Gasteiger partial charge in [0.2, 0.25) is 0 Å². The van der Waals surface area contributed by atoms with E-state index in [9.17, 15) is 13.2 Å². The molecule has 1 unspecified atom stereocenters. The molecule has 0 bridgehead atoms. The molecule has 162 valence electrons. The lowest BCUT2D eigenvalue weighted by atomic mass is 9.93. The van der Waals surface area contributed by atoms with Gasteiger partial charge in [-0.3, -0.25) is 8.98 Å². The number of carbonyl (C=O) groups is 1. The molecule has 29 heavy (non-hydrogen) atoms. The fourth-order valence-corrected chi connectivity index (χ4v) is 5.91. The summed E-state index contributed by atoms with van der Waals surface area (Å²) in [4.78, 5) is 11.9. The van der Waals surface area contributed by atoms with E-state index in [0.29, 0.717) is 19.4 Å². The van der Waals surface area contributed by atoms with Crippen LogP contribution in [-0.2, 0) is 28.3 Å². The van der Waals surface area contributed by atoms with Crippen LogP contribution in [0.2, 0.25) is 18.1 Å². The van der Waals surface area contributed by atoms with Crippen LogP contribution in [0.5, 0.6) is 0 Å². The zero-order valence-corrected chi connectivity index (χ0v) is 19.9. The summed E-state index contributed by atoms with van der Waals surface area (Å²) in [6.07, 6.45) is -0.184. The lowest BCUT2D eigenvalue weighted by Crippen LogP contribution is -2.43. The van der Waals surface area contributed by atoms with Gasteiger partial charge in [0.05, 0.1) is 17.4 Å². The Kier molecular flexibility index (Phi) is 6.04. The summed E-state index contributed by atoms with van der Waals surface area (Å²) >= 11 is 0. The van der Waals surface area contributed by atoms with E-state index in [-0.39, 0.29) is 33.8 Å². The maximum Gasteiger partial charge on any atom is 0.306 e. The van der Waals surface area contributed by atoms with Gasteiger partial charge >= 0.3 is 5.97 Å². The molecule has 0 spiro atoms. The van der Waals surface area contributed by atoms with Crippen molar-refractivity contribution in [3.05, 3.63) is 29.8 Å². The van der Waals surface area contributed by atoms with Crippen molar-refractivity contribution in [3.63, 3.8) is 0 Å². The van der Waals surface area contributed by atoms with E-state index in [2.05, 4.69) is 33.9 Å². The van der Waals surface area contributed by atoms with Crippen LogP contribution in [0.3, 0.4) is 0 Å². The smallest absolute Gasteiger partial charge is 0.306 e. The van der Waals surface area contributed by atoms with Crippen LogP contribution in [-0.4, -0.2) is 41.5 Å². The number of aryl methyl sites for hydroxylation is 1. The topological polar surface area (TPSA) is 78.9 Å². The molecule has 1 aromatic rings. The summed E-state index contributed by atoms with van der Waals surface area (Å²) in [5.74, 6) is -0.483. The fourth-order valence-electron chi connectivity index (χ4n) is 3.74. The predicted octanol–water partition coefficient (Wildman–Crippen LogP) is 4.04. The summed E-state index contributed by atoms with van der Waals surface area (Å²) < 4.78 is 43.1. The first kappa shape index (κ1) is 22.5. The van der Waals surface area contributed by atoms with Crippen molar-refractivity contribution in [3.8, 4) is 0 Å². The number of carbonyl (C=O) groups excluding carboxylic acids is 1. The highest BCUT2D eigenvalue weighted by Crippen LogP contribution is 2.45. The molecular weight excluding hydrogens is 408 g/mol. The quantitative estimate of drug-likeness (QED) is 0.377. The van der Waals surface area contributed by atoms with Crippen molar-refractivity contribution < 1.29 is 26.6 Å². The third-order valence-corrected chi connectivity index (χ3v) is 12.5. The second-order valence-corrected chi connectivity index (χ2v) is 16.2. The minimum absolute atomic E-state index is 0.0390. The van der Waals surface area contributed by atoms with Crippen molar-refractivity contribution in [1.82, 2.24) is 0 Å². The molecule has 0 aromatic heterocycles. The summed E-state index contributed by atoms with van der Waals surface area (Å²) in [6, 6.07) is 6.61. The van der Waals surface area contributed by atoms with Gasteiger partial charge in [-0.2, -0.15) is 8.42 Å². The van der Waals surface area contributed by atoms with Crippen molar-refractivity contribution in [1.29, 1.82) is 0 Å². The van der Waals surface area contributed by atoms with Gasteiger partial charge in [-0.1, -0.05) is 38.5 Å². The summed E-state index contributed by atoms with van der Waals surface area (Å²) in [6.45, 7) is 13.1. The van der Waals surface area contributed by atoms with Gasteiger partial charge in [-0.25, -0.2) is 0 Å². The SMILES string of the molecule is Cc1ccc(S(=O)(=O)O[C@@H]2C[C@H]3OC(=O)CC3[C@@H]2CO[Si](C)(C)C(C)(C)C)cc1. The molecule has 4 atom stereocenters. The van der Waals surface area contributed by atoms with Crippen molar-refractivity contribution in [2.45, 2.75) is 75.8 Å². The van der Waals surface area contributed by atoms with Gasteiger partial charge in [-0.15, -0.1) is 0 Å². The Morgan fingerprint density at radius 3 is 2.38 bits per heavy atom. The van der Waals surface area contributed by atoms with Crippen LogP contribution in [0, 0.1) is 18.8 Å². The molecule has 1 saturated carbocycles. The maximum atomic E-state index is 12.8. The maximum absolute atomic E-state index is 12.8. The monoisotopic (exact) mass is 440 g/mol. The Morgan fingerprint density at radius 1 is 1.17 bits per heavy atom. The summed E-state index contributed by atoms with van der Waals surface area (Å²) in [7, 11) is -5.93. The van der Waals surface area contributed by atoms with E-state index in [0.717, 1.165) is 5.56 Å². The Morgan fingerprint density at radius 2 is 1.79 bits per heavy atom. The lowest BCUT2D eigenvalue weighted by molar-refractivity contribution is -0.141. The molecule has 6 nitrogen and oxygen atoms in total. The normalized spacial score (nSPS) is 27.7. The predicted molar refractivity (Wildman–Crippen MR) is 112 cm³/mol. The Labute approximate surface area is 175 Å². The molecule has 1 heterocycles. The van der Waals surface area contributed by atoms with Crippen LogP contribution < -0.4 is 0 Å². The second-order valence-electron chi connectivity index (χ2n) is 9.77. The zero-order chi connectivity index (χ0) is 21.6. The molecule has 0 radical (unpaired) electrons. The summed E-state index contributed by atoms with van der Waals surface area (Å²) in [5, 5.41) is 0.0390. The number of esters is 1. The van der Waals surface area contributed by atoms with Crippen LogP contribution in [0.4, 0.5) is 0 Å². The number of rotatable bonds is 6. The van der Waals surface area contributed by atoms with Gasteiger partial charge in [0.1, 0.15) is 6.10 Å². The van der Waals surface area contributed by atoms with E-state index >= 15 is 0 Å². The van der Waals surface area contributed by atoms with Gasteiger partial charge in [-0.05, 0) is 37.2 Å². The molecule has 0 amide bonds. The third kappa shape index (κ3) is 4.76. The van der Waals surface area contributed by atoms with Gasteiger partial charge in [0, 0.05) is 24.9 Å². The lowest BCUT2D eigenvalue weighted by Gasteiger charge is -2.38. The third-order valence-electron chi connectivity index (χ3n) is 6.66. The Balaban J connectivity index is 1.79. The molecule has 3 rings (SSSR count). The number of fused-ring (bicyclic) bond motifs is 1. The Hall–Kier alpha value is -1.22. The highest BCUT2D eigenvalue weighted by atomic mass is 32.2. The van der Waals surface area contributed by atoms with Crippen molar-refractivity contribution in [2.24, 2.45) is 11.8 Å². The highest BCUT2D eigenvalue weighted by molar-refractivity contribution is 7.86. The number of ether oxygens (including phenoxy) is 1. The first-order valence-corrected chi connectivity index (χ1v) is 14.5. The number of hydrogen-bond acceptors (Lipinski definition) is 6. The number of hydrogen-bond donors (Lipinski definition) is 0. The Bertz CT molecular complexity index is 856. The minimum atomic E-state index is -3.90. The van der Waals surface area contributed by atoms with E-state index in [1.54, 1.807) is 24.3 Å². The standard InChI is InChI=1S/C21H32O6SSi/c1-14-7-9-15(10-8-14)28(23,24)27-19-12-18-16(11-20(22)26-18)17(19)13-25-29(5,6)21(2,3)4/h7-10,16-19H,11-13H2,1-6H3/t16?,17-,18+,19+/m0/s1. The van der Waals surface area contributed by atoms with E-state index < -0.39 is 24.5 Å². The van der Waals surface area contributed by atoms with Crippen molar-refractivity contribution in [2.75, 3.05) is 6.61 Å². The van der Waals surface area contributed by atoms with Crippen LogP contribution in [0.15, 0.2) is 29.2 Å². The van der Waals surface area contributed by atoms with Crippen LogP contribution in [0.25, 0.3) is 0 Å². The molecule has 1 aliphatic carbocycles. The van der Waals surface area contributed by atoms with Gasteiger partial charge in [0.15, 0.2) is 8.32 Å². The molecule has 1 aromatic carbocycles. The molecule has 2 aliphatic rings. The minimum Gasteiger partial charge on any atom is -0.462 e. The van der Waals surface area contributed by atoms with E-state index in [1.807, 2.05) is 6.92 Å². The fraction of sp³-hybridized carbons (Fsp3) is 0.667. The highest BCUT2D eigenvalue weighted by Gasteiger charge is 2.53. The molecule has 2 fully saturated rings. The average Bonchev–Trinajstić information content (AvgIpc) is 3.07.